The van der Waals surface area contributed by atoms with E-state index in [1.807, 2.05) is 6.08 Å². The summed E-state index contributed by atoms with van der Waals surface area (Å²) in [6.45, 7) is 3.58. The summed E-state index contributed by atoms with van der Waals surface area (Å²) in [5.41, 5.74) is 0.633. The molecule has 0 bridgehead atoms. The first-order valence-electron chi connectivity index (χ1n) is 7.24. The van der Waals surface area contributed by atoms with E-state index in [-0.39, 0.29) is 16.7 Å². The second-order valence-corrected chi connectivity index (χ2v) is 8.02. The Bertz CT molecular complexity index is 670. The first-order chi connectivity index (χ1) is 10.4. The van der Waals surface area contributed by atoms with E-state index in [0.717, 1.165) is 6.54 Å². The van der Waals surface area contributed by atoms with Gasteiger partial charge >= 0.3 is 0 Å². The van der Waals surface area contributed by atoms with Crippen LogP contribution in [0.15, 0.2) is 30.3 Å². The van der Waals surface area contributed by atoms with Crippen LogP contribution in [0.25, 0.3) is 6.08 Å². The highest BCUT2D eigenvalue weighted by molar-refractivity contribution is 7.92. The quantitative estimate of drug-likeness (QED) is 0.626. The highest BCUT2D eigenvalue weighted by Gasteiger charge is 2.25. The lowest BCUT2D eigenvalue weighted by molar-refractivity contribution is -0.385. The van der Waals surface area contributed by atoms with Crippen molar-refractivity contribution in [1.82, 2.24) is 4.90 Å². The highest BCUT2D eigenvalue weighted by Crippen LogP contribution is 2.19. The van der Waals surface area contributed by atoms with Crippen molar-refractivity contribution < 1.29 is 13.3 Å². The zero-order valence-corrected chi connectivity index (χ0v) is 13.3. The number of nitro groups is 1. The Kier molecular flexibility index (Phi) is 5.31. The van der Waals surface area contributed by atoms with Crippen molar-refractivity contribution in [3.8, 4) is 0 Å². The van der Waals surface area contributed by atoms with Crippen LogP contribution in [-0.2, 0) is 9.84 Å². The molecule has 1 heterocycles. The second kappa shape index (κ2) is 7.02. The number of nitro benzene ring substituents is 1. The summed E-state index contributed by atoms with van der Waals surface area (Å²) >= 11 is 0. The second-order valence-electron chi connectivity index (χ2n) is 5.49. The van der Waals surface area contributed by atoms with E-state index in [9.17, 15) is 18.5 Å². The first-order valence-corrected chi connectivity index (χ1v) is 8.95. The van der Waals surface area contributed by atoms with E-state index in [2.05, 4.69) is 4.90 Å². The SMILES string of the molecule is CC1CCN(CC=Cc2ccccc2[N+](=O)[O-])CCS1(=O)=O. The van der Waals surface area contributed by atoms with Crippen LogP contribution in [0, 0.1) is 10.1 Å². The Hall–Kier alpha value is -1.73. The van der Waals surface area contributed by atoms with Crippen molar-refractivity contribution in [3.63, 3.8) is 0 Å². The molecule has 1 unspecified atom stereocenters. The van der Waals surface area contributed by atoms with Crippen molar-refractivity contribution in [1.29, 1.82) is 0 Å². The number of benzene rings is 1. The third-order valence-electron chi connectivity index (χ3n) is 3.95. The van der Waals surface area contributed by atoms with Gasteiger partial charge in [0.1, 0.15) is 0 Å². The number of sulfone groups is 1. The molecule has 6 nitrogen and oxygen atoms in total. The molecule has 1 fully saturated rings. The Balaban J connectivity index is 2.00. The predicted molar refractivity (Wildman–Crippen MR) is 86.4 cm³/mol. The van der Waals surface area contributed by atoms with Crippen molar-refractivity contribution in [3.05, 3.63) is 46.0 Å². The van der Waals surface area contributed by atoms with Gasteiger partial charge in [-0.2, -0.15) is 0 Å². The molecule has 22 heavy (non-hydrogen) atoms. The molecule has 0 spiro atoms. The monoisotopic (exact) mass is 324 g/mol. The number of hydrogen-bond acceptors (Lipinski definition) is 5. The molecule has 7 heteroatoms. The van der Waals surface area contributed by atoms with Crippen LogP contribution in [0.4, 0.5) is 5.69 Å². The Labute approximate surface area is 130 Å². The molecule has 120 valence electrons. The fourth-order valence-corrected chi connectivity index (χ4v) is 3.80. The summed E-state index contributed by atoms with van der Waals surface area (Å²) in [4.78, 5) is 12.6. The van der Waals surface area contributed by atoms with Gasteiger partial charge in [-0.25, -0.2) is 8.42 Å². The largest absolute Gasteiger partial charge is 0.299 e. The van der Waals surface area contributed by atoms with E-state index in [0.29, 0.717) is 25.1 Å². The molecule has 0 aliphatic carbocycles. The summed E-state index contributed by atoms with van der Waals surface area (Å²) in [6.07, 6.45) is 4.20. The average molecular weight is 324 g/mol. The zero-order chi connectivity index (χ0) is 16.2. The maximum Gasteiger partial charge on any atom is 0.276 e. The van der Waals surface area contributed by atoms with E-state index in [1.54, 1.807) is 31.2 Å². The molecule has 1 aromatic rings. The molecule has 1 saturated heterocycles. The summed E-state index contributed by atoms with van der Waals surface area (Å²) in [5, 5.41) is 10.6. The van der Waals surface area contributed by atoms with Gasteiger partial charge in [0.15, 0.2) is 9.84 Å². The van der Waals surface area contributed by atoms with Gasteiger partial charge in [0.25, 0.3) is 5.69 Å². The Morgan fingerprint density at radius 3 is 2.82 bits per heavy atom. The van der Waals surface area contributed by atoms with Gasteiger partial charge in [-0.3, -0.25) is 15.0 Å². The fraction of sp³-hybridized carbons (Fsp3) is 0.467. The van der Waals surface area contributed by atoms with Crippen molar-refractivity contribution in [2.45, 2.75) is 18.6 Å². The van der Waals surface area contributed by atoms with Crippen LogP contribution in [0.2, 0.25) is 0 Å². The van der Waals surface area contributed by atoms with E-state index in [1.165, 1.54) is 6.07 Å². The van der Waals surface area contributed by atoms with Gasteiger partial charge < -0.3 is 0 Å². The van der Waals surface area contributed by atoms with Crippen LogP contribution < -0.4 is 0 Å². The van der Waals surface area contributed by atoms with Gasteiger partial charge in [0, 0.05) is 19.2 Å². The Morgan fingerprint density at radius 1 is 1.36 bits per heavy atom. The molecule has 0 aromatic heterocycles. The fourth-order valence-electron chi connectivity index (χ4n) is 2.42. The molecule has 2 rings (SSSR count). The summed E-state index contributed by atoms with van der Waals surface area (Å²) in [5.74, 6) is 0.174. The minimum absolute atomic E-state index is 0.0748. The van der Waals surface area contributed by atoms with Crippen LogP contribution in [0.3, 0.4) is 0 Å². The van der Waals surface area contributed by atoms with E-state index < -0.39 is 14.8 Å². The lowest BCUT2D eigenvalue weighted by atomic mass is 10.1. The van der Waals surface area contributed by atoms with Gasteiger partial charge in [-0.05, 0) is 26.0 Å². The number of para-hydroxylation sites is 1. The molecule has 0 saturated carbocycles. The molecule has 1 aromatic carbocycles. The van der Waals surface area contributed by atoms with Crippen LogP contribution in [0.1, 0.15) is 18.9 Å². The van der Waals surface area contributed by atoms with Crippen molar-refractivity contribution in [2.24, 2.45) is 0 Å². The highest BCUT2D eigenvalue weighted by atomic mass is 32.2. The number of nitrogens with zero attached hydrogens (tertiary/aromatic N) is 2. The summed E-state index contributed by atoms with van der Waals surface area (Å²) < 4.78 is 23.7. The molecule has 0 amide bonds. The maximum absolute atomic E-state index is 11.8. The van der Waals surface area contributed by atoms with Gasteiger partial charge in [-0.15, -0.1) is 0 Å². The van der Waals surface area contributed by atoms with E-state index >= 15 is 0 Å². The van der Waals surface area contributed by atoms with Crippen molar-refractivity contribution in [2.75, 3.05) is 25.4 Å². The van der Waals surface area contributed by atoms with Crippen LogP contribution in [0.5, 0.6) is 0 Å². The standard InChI is InChI=1S/C15H20N2O4S/c1-13-8-10-16(11-12-22(13,20)21)9-4-6-14-5-2-3-7-15(14)17(18)19/h2-7,13H,8-12H2,1H3. The lowest BCUT2D eigenvalue weighted by Gasteiger charge is -2.16. The maximum atomic E-state index is 11.8. The van der Waals surface area contributed by atoms with Crippen LogP contribution in [-0.4, -0.2) is 48.9 Å². The lowest BCUT2D eigenvalue weighted by Crippen LogP contribution is -2.27. The minimum Gasteiger partial charge on any atom is -0.299 e. The van der Waals surface area contributed by atoms with Gasteiger partial charge in [0.05, 0.1) is 21.5 Å². The van der Waals surface area contributed by atoms with Crippen LogP contribution >= 0.6 is 0 Å². The minimum atomic E-state index is -2.98. The average Bonchev–Trinajstić information content (AvgIpc) is 2.60. The van der Waals surface area contributed by atoms with E-state index in [4.69, 9.17) is 0 Å². The summed E-state index contributed by atoms with van der Waals surface area (Å²) in [7, 11) is -2.98. The van der Waals surface area contributed by atoms with Crippen molar-refractivity contribution >= 4 is 21.6 Å². The molecular formula is C15H20N2O4S. The summed E-state index contributed by atoms with van der Waals surface area (Å²) in [6, 6.07) is 6.56. The Morgan fingerprint density at radius 2 is 2.09 bits per heavy atom. The molecule has 1 aliphatic heterocycles. The molecule has 1 aliphatic rings. The molecule has 0 N–H and O–H groups in total. The number of rotatable bonds is 4. The topological polar surface area (TPSA) is 80.5 Å². The molecular weight excluding hydrogens is 304 g/mol. The van der Waals surface area contributed by atoms with Gasteiger partial charge in [-0.1, -0.05) is 24.3 Å². The third-order valence-corrected chi connectivity index (χ3v) is 6.16. The molecule has 1 atom stereocenters. The third kappa shape index (κ3) is 4.14. The first kappa shape index (κ1) is 16.6. The van der Waals surface area contributed by atoms with Gasteiger partial charge in [0.2, 0.25) is 0 Å². The normalized spacial score (nSPS) is 22.5. The molecule has 0 radical (unpaired) electrons. The zero-order valence-electron chi connectivity index (χ0n) is 12.5. The number of hydrogen-bond donors (Lipinski definition) is 0. The predicted octanol–water partition coefficient (Wildman–Crippen LogP) is 2.12. The smallest absolute Gasteiger partial charge is 0.276 e.